The Kier molecular flexibility index (Phi) is 4.21. The zero-order valence-electron chi connectivity index (χ0n) is 11.6. The quantitative estimate of drug-likeness (QED) is 0.786. The lowest BCUT2D eigenvalue weighted by Gasteiger charge is -2.05. The van der Waals surface area contributed by atoms with Crippen molar-refractivity contribution in [3.8, 4) is 11.5 Å². The molecule has 0 fully saturated rings. The molecule has 1 heterocycles. The first kappa shape index (κ1) is 14.4. The van der Waals surface area contributed by atoms with Gasteiger partial charge in [-0.3, -0.25) is 4.79 Å². The van der Waals surface area contributed by atoms with E-state index in [-0.39, 0.29) is 12.3 Å². The van der Waals surface area contributed by atoms with Crippen molar-refractivity contribution in [1.29, 1.82) is 0 Å². The maximum atomic E-state index is 12.0. The zero-order valence-corrected chi connectivity index (χ0v) is 12.4. The molecule has 1 N–H and O–H groups in total. The standard InChI is InChI=1S/C17H13ClN2O2/c18-14-8-4-5-9-15(14)20-16(21)10-13-11-22-17(19-13)12-6-2-1-3-7-12/h1-9,11H,10H2,(H,20,21). The minimum absolute atomic E-state index is 0.127. The number of carbonyl (C=O) groups excluding carboxylic acids is 1. The Morgan fingerprint density at radius 1 is 1.09 bits per heavy atom. The van der Waals surface area contributed by atoms with E-state index in [4.69, 9.17) is 16.0 Å². The van der Waals surface area contributed by atoms with Crippen LogP contribution in [0.4, 0.5) is 5.69 Å². The van der Waals surface area contributed by atoms with E-state index in [9.17, 15) is 4.79 Å². The molecule has 0 radical (unpaired) electrons. The highest BCUT2D eigenvalue weighted by Crippen LogP contribution is 2.21. The van der Waals surface area contributed by atoms with Crippen LogP contribution in [0.5, 0.6) is 0 Å². The van der Waals surface area contributed by atoms with Crippen LogP contribution >= 0.6 is 11.6 Å². The summed E-state index contributed by atoms with van der Waals surface area (Å²) < 4.78 is 5.41. The van der Waals surface area contributed by atoms with E-state index in [0.29, 0.717) is 22.3 Å². The molecule has 0 aliphatic carbocycles. The van der Waals surface area contributed by atoms with Gasteiger partial charge in [0.05, 0.1) is 22.8 Å². The normalized spacial score (nSPS) is 10.4. The van der Waals surface area contributed by atoms with Gasteiger partial charge in [-0.15, -0.1) is 0 Å². The zero-order chi connectivity index (χ0) is 15.4. The van der Waals surface area contributed by atoms with E-state index in [1.807, 2.05) is 42.5 Å². The van der Waals surface area contributed by atoms with Crippen LogP contribution in [0.3, 0.4) is 0 Å². The predicted molar refractivity (Wildman–Crippen MR) is 85.7 cm³/mol. The summed E-state index contributed by atoms with van der Waals surface area (Å²) in [5.41, 5.74) is 2.03. The Hall–Kier alpha value is -2.59. The third-order valence-corrected chi connectivity index (χ3v) is 3.39. The first-order valence-electron chi connectivity index (χ1n) is 6.76. The topological polar surface area (TPSA) is 55.1 Å². The van der Waals surface area contributed by atoms with Gasteiger partial charge >= 0.3 is 0 Å². The maximum Gasteiger partial charge on any atom is 0.230 e. The number of rotatable bonds is 4. The molecular weight excluding hydrogens is 300 g/mol. The average molecular weight is 313 g/mol. The average Bonchev–Trinajstić information content (AvgIpc) is 2.99. The minimum atomic E-state index is -0.194. The Labute approximate surface area is 132 Å². The Balaban J connectivity index is 1.68. The second-order valence-electron chi connectivity index (χ2n) is 4.71. The second kappa shape index (κ2) is 6.45. The number of nitrogens with zero attached hydrogens (tertiary/aromatic N) is 1. The molecule has 0 bridgehead atoms. The van der Waals surface area contributed by atoms with Crippen LogP contribution in [0, 0.1) is 0 Å². The van der Waals surface area contributed by atoms with E-state index >= 15 is 0 Å². The number of hydrogen-bond donors (Lipinski definition) is 1. The summed E-state index contributed by atoms with van der Waals surface area (Å²) in [5, 5.41) is 3.26. The number of carbonyl (C=O) groups is 1. The number of halogens is 1. The van der Waals surface area contributed by atoms with E-state index in [0.717, 1.165) is 5.56 Å². The fourth-order valence-electron chi connectivity index (χ4n) is 2.02. The van der Waals surface area contributed by atoms with Gasteiger partial charge in [0.15, 0.2) is 0 Å². The summed E-state index contributed by atoms with van der Waals surface area (Å²) in [4.78, 5) is 16.4. The van der Waals surface area contributed by atoms with Crippen LogP contribution in [0.2, 0.25) is 5.02 Å². The molecule has 1 aromatic heterocycles. The predicted octanol–water partition coefficient (Wildman–Crippen LogP) is 4.18. The Bertz CT molecular complexity index is 784. The molecule has 0 saturated heterocycles. The maximum absolute atomic E-state index is 12.0. The summed E-state index contributed by atoms with van der Waals surface area (Å²) in [6.45, 7) is 0. The van der Waals surface area contributed by atoms with Crippen LogP contribution in [0.15, 0.2) is 65.3 Å². The highest BCUT2D eigenvalue weighted by molar-refractivity contribution is 6.33. The summed E-state index contributed by atoms with van der Waals surface area (Å²) in [6.07, 6.45) is 1.62. The summed E-state index contributed by atoms with van der Waals surface area (Å²) >= 11 is 6.01. The third-order valence-electron chi connectivity index (χ3n) is 3.06. The molecule has 0 aliphatic heterocycles. The molecule has 5 heteroatoms. The fraction of sp³-hybridized carbons (Fsp3) is 0.0588. The van der Waals surface area contributed by atoms with Gasteiger partial charge < -0.3 is 9.73 Å². The largest absolute Gasteiger partial charge is 0.444 e. The van der Waals surface area contributed by atoms with E-state index in [1.165, 1.54) is 6.26 Å². The fourth-order valence-corrected chi connectivity index (χ4v) is 2.21. The van der Waals surface area contributed by atoms with Crippen LogP contribution in [0.25, 0.3) is 11.5 Å². The van der Waals surface area contributed by atoms with Crippen molar-refractivity contribution < 1.29 is 9.21 Å². The van der Waals surface area contributed by atoms with Crippen LogP contribution in [-0.4, -0.2) is 10.9 Å². The molecule has 3 aromatic rings. The monoisotopic (exact) mass is 312 g/mol. The molecule has 0 spiro atoms. The number of aromatic nitrogens is 1. The molecule has 110 valence electrons. The van der Waals surface area contributed by atoms with Crippen molar-refractivity contribution in [2.24, 2.45) is 0 Å². The molecule has 2 aromatic carbocycles. The minimum Gasteiger partial charge on any atom is -0.444 e. The molecule has 22 heavy (non-hydrogen) atoms. The van der Waals surface area contributed by atoms with Crippen molar-refractivity contribution in [2.45, 2.75) is 6.42 Å². The number of oxazole rings is 1. The first-order chi connectivity index (χ1) is 10.7. The Morgan fingerprint density at radius 3 is 2.59 bits per heavy atom. The van der Waals surface area contributed by atoms with E-state index in [2.05, 4.69) is 10.3 Å². The molecule has 0 unspecified atom stereocenters. The van der Waals surface area contributed by atoms with Gasteiger partial charge in [-0.1, -0.05) is 41.9 Å². The molecule has 1 amide bonds. The number of amides is 1. The molecule has 0 atom stereocenters. The van der Waals surface area contributed by atoms with Crippen molar-refractivity contribution in [3.05, 3.63) is 71.6 Å². The molecular formula is C17H13ClN2O2. The van der Waals surface area contributed by atoms with E-state index in [1.54, 1.807) is 12.1 Å². The van der Waals surface area contributed by atoms with Crippen molar-refractivity contribution in [2.75, 3.05) is 5.32 Å². The van der Waals surface area contributed by atoms with Gasteiger partial charge in [0.2, 0.25) is 11.8 Å². The highest BCUT2D eigenvalue weighted by Gasteiger charge is 2.11. The van der Waals surface area contributed by atoms with Gasteiger partial charge in [-0.2, -0.15) is 0 Å². The smallest absolute Gasteiger partial charge is 0.230 e. The third kappa shape index (κ3) is 3.35. The van der Waals surface area contributed by atoms with E-state index < -0.39 is 0 Å². The summed E-state index contributed by atoms with van der Waals surface area (Å²) in [6, 6.07) is 16.6. The molecule has 4 nitrogen and oxygen atoms in total. The van der Waals surface area contributed by atoms with Gasteiger partial charge in [0, 0.05) is 5.56 Å². The number of nitrogens with one attached hydrogen (secondary N) is 1. The van der Waals surface area contributed by atoms with Crippen molar-refractivity contribution in [1.82, 2.24) is 4.98 Å². The van der Waals surface area contributed by atoms with Gasteiger partial charge in [0.25, 0.3) is 0 Å². The Morgan fingerprint density at radius 2 is 1.82 bits per heavy atom. The number of benzene rings is 2. The molecule has 0 aliphatic rings. The summed E-state index contributed by atoms with van der Waals surface area (Å²) in [5.74, 6) is 0.308. The lowest BCUT2D eigenvalue weighted by Crippen LogP contribution is -2.14. The van der Waals surface area contributed by atoms with Crippen LogP contribution < -0.4 is 5.32 Å². The van der Waals surface area contributed by atoms with Crippen LogP contribution in [0.1, 0.15) is 5.69 Å². The highest BCUT2D eigenvalue weighted by atomic mass is 35.5. The van der Waals surface area contributed by atoms with Gasteiger partial charge in [0.1, 0.15) is 6.26 Å². The van der Waals surface area contributed by atoms with Gasteiger partial charge in [-0.25, -0.2) is 4.98 Å². The molecule has 0 saturated carbocycles. The lowest BCUT2D eigenvalue weighted by molar-refractivity contribution is -0.115. The number of hydrogen-bond acceptors (Lipinski definition) is 3. The van der Waals surface area contributed by atoms with Crippen LogP contribution in [-0.2, 0) is 11.2 Å². The number of anilines is 1. The van der Waals surface area contributed by atoms with Crippen molar-refractivity contribution >= 4 is 23.2 Å². The summed E-state index contributed by atoms with van der Waals surface area (Å²) in [7, 11) is 0. The van der Waals surface area contributed by atoms with Gasteiger partial charge in [-0.05, 0) is 24.3 Å². The second-order valence-corrected chi connectivity index (χ2v) is 5.12. The lowest BCUT2D eigenvalue weighted by atomic mass is 10.2. The first-order valence-corrected chi connectivity index (χ1v) is 7.14. The SMILES string of the molecule is O=C(Cc1coc(-c2ccccc2)n1)Nc1ccccc1Cl. The van der Waals surface area contributed by atoms with Crippen molar-refractivity contribution in [3.63, 3.8) is 0 Å². The molecule has 3 rings (SSSR count). The number of para-hydroxylation sites is 1.